The molecular formula is C24H30N4O3S. The number of hydrogen-bond donors (Lipinski definition) is 1. The van der Waals surface area contributed by atoms with Crippen LogP contribution < -0.4 is 14.8 Å². The number of amides is 1. The fourth-order valence-corrected chi connectivity index (χ4v) is 4.28. The maximum Gasteiger partial charge on any atom is 0.220 e. The van der Waals surface area contributed by atoms with Crippen LogP contribution >= 0.6 is 11.8 Å². The minimum Gasteiger partial charge on any atom is -0.497 e. The van der Waals surface area contributed by atoms with Gasteiger partial charge in [-0.3, -0.25) is 9.36 Å². The Hall–Kier alpha value is -3.00. The van der Waals surface area contributed by atoms with Crippen LogP contribution in [0.15, 0.2) is 53.7 Å². The number of methoxy groups -OCH3 is 2. The minimum absolute atomic E-state index is 0.0451. The topological polar surface area (TPSA) is 78.3 Å². The summed E-state index contributed by atoms with van der Waals surface area (Å²) < 4.78 is 12.8. The van der Waals surface area contributed by atoms with Crippen LogP contribution in [0.3, 0.4) is 0 Å². The van der Waals surface area contributed by atoms with Crippen molar-refractivity contribution in [3.05, 3.63) is 59.9 Å². The predicted molar refractivity (Wildman–Crippen MR) is 127 cm³/mol. The first-order chi connectivity index (χ1) is 15.7. The molecule has 32 heavy (non-hydrogen) atoms. The molecule has 0 bridgehead atoms. The zero-order valence-corrected chi connectivity index (χ0v) is 19.7. The van der Waals surface area contributed by atoms with Crippen LogP contribution in [0, 0.1) is 0 Å². The van der Waals surface area contributed by atoms with E-state index in [1.807, 2.05) is 53.1 Å². The summed E-state index contributed by atoms with van der Waals surface area (Å²) in [4.78, 5) is 12.5. The van der Waals surface area contributed by atoms with E-state index in [1.54, 1.807) is 26.0 Å². The number of rotatable bonds is 12. The molecule has 3 rings (SSSR count). The summed E-state index contributed by atoms with van der Waals surface area (Å²) in [6.07, 6.45) is 3.03. The van der Waals surface area contributed by atoms with E-state index in [0.29, 0.717) is 19.4 Å². The first kappa shape index (κ1) is 23.7. The number of hydrogen-bond acceptors (Lipinski definition) is 6. The molecule has 0 saturated heterocycles. The molecule has 0 aliphatic rings. The van der Waals surface area contributed by atoms with Gasteiger partial charge in [0.2, 0.25) is 5.91 Å². The number of carbonyl (C=O) groups is 1. The molecule has 1 N–H and O–H groups in total. The van der Waals surface area contributed by atoms with Crippen molar-refractivity contribution in [3.63, 3.8) is 0 Å². The number of para-hydroxylation sites is 1. The van der Waals surface area contributed by atoms with Gasteiger partial charge < -0.3 is 14.8 Å². The van der Waals surface area contributed by atoms with Gasteiger partial charge in [-0.25, -0.2) is 0 Å². The SMILES string of the molecule is CCCCSc1nnc(CCC(=O)NCc2ccccc2OC)n1-c1cccc(OC)c1. The van der Waals surface area contributed by atoms with Crippen LogP contribution in [0.5, 0.6) is 11.5 Å². The third-order valence-corrected chi connectivity index (χ3v) is 6.00. The summed E-state index contributed by atoms with van der Waals surface area (Å²) >= 11 is 1.68. The third-order valence-electron chi connectivity index (χ3n) is 4.99. The van der Waals surface area contributed by atoms with Gasteiger partial charge in [-0.2, -0.15) is 0 Å². The van der Waals surface area contributed by atoms with Gasteiger partial charge in [0.25, 0.3) is 0 Å². The molecule has 0 radical (unpaired) electrons. The van der Waals surface area contributed by atoms with Crippen molar-refractivity contribution >= 4 is 17.7 Å². The van der Waals surface area contributed by atoms with Crippen molar-refractivity contribution in [1.82, 2.24) is 20.1 Å². The zero-order valence-electron chi connectivity index (χ0n) is 18.8. The summed E-state index contributed by atoms with van der Waals surface area (Å²) in [7, 11) is 3.28. The van der Waals surface area contributed by atoms with Crippen LogP contribution in [0.4, 0.5) is 0 Å². The summed E-state index contributed by atoms with van der Waals surface area (Å²) in [6, 6.07) is 15.5. The van der Waals surface area contributed by atoms with E-state index >= 15 is 0 Å². The summed E-state index contributed by atoms with van der Waals surface area (Å²) in [5, 5.41) is 12.6. The fraction of sp³-hybridized carbons (Fsp3) is 0.375. The summed E-state index contributed by atoms with van der Waals surface area (Å²) in [5.41, 5.74) is 1.87. The van der Waals surface area contributed by atoms with Gasteiger partial charge >= 0.3 is 0 Å². The molecule has 170 valence electrons. The van der Waals surface area contributed by atoms with E-state index in [2.05, 4.69) is 22.4 Å². The number of unbranched alkanes of at least 4 members (excludes halogenated alkanes) is 1. The molecule has 3 aromatic rings. The molecule has 7 nitrogen and oxygen atoms in total. The van der Waals surface area contributed by atoms with Crippen molar-refractivity contribution in [2.45, 2.75) is 44.3 Å². The number of benzene rings is 2. The van der Waals surface area contributed by atoms with Crippen LogP contribution in [0.1, 0.15) is 37.6 Å². The second-order valence-electron chi connectivity index (χ2n) is 7.23. The van der Waals surface area contributed by atoms with E-state index in [1.165, 1.54) is 0 Å². The van der Waals surface area contributed by atoms with Gasteiger partial charge in [0.15, 0.2) is 5.16 Å². The molecule has 0 spiro atoms. The van der Waals surface area contributed by atoms with Crippen molar-refractivity contribution in [2.24, 2.45) is 0 Å². The monoisotopic (exact) mass is 454 g/mol. The zero-order chi connectivity index (χ0) is 22.8. The van der Waals surface area contributed by atoms with Crippen molar-refractivity contribution in [2.75, 3.05) is 20.0 Å². The van der Waals surface area contributed by atoms with Gasteiger partial charge in [-0.05, 0) is 24.6 Å². The number of thioether (sulfide) groups is 1. The Morgan fingerprint density at radius 3 is 2.72 bits per heavy atom. The largest absolute Gasteiger partial charge is 0.497 e. The Balaban J connectivity index is 1.70. The number of aromatic nitrogens is 3. The lowest BCUT2D eigenvalue weighted by atomic mass is 10.2. The molecule has 0 aliphatic heterocycles. The molecule has 0 saturated carbocycles. The summed E-state index contributed by atoms with van der Waals surface area (Å²) in [5.74, 6) is 3.21. The highest BCUT2D eigenvalue weighted by Crippen LogP contribution is 2.26. The molecular weight excluding hydrogens is 424 g/mol. The molecule has 8 heteroatoms. The lowest BCUT2D eigenvalue weighted by Gasteiger charge is -2.12. The number of nitrogens with zero attached hydrogens (tertiary/aromatic N) is 3. The molecule has 0 atom stereocenters. The lowest BCUT2D eigenvalue weighted by Crippen LogP contribution is -2.23. The van der Waals surface area contributed by atoms with Crippen molar-refractivity contribution in [1.29, 1.82) is 0 Å². The highest BCUT2D eigenvalue weighted by molar-refractivity contribution is 7.99. The maximum absolute atomic E-state index is 12.5. The number of aryl methyl sites for hydroxylation is 1. The molecule has 0 aliphatic carbocycles. The molecule has 1 aromatic heterocycles. The van der Waals surface area contributed by atoms with Crippen LogP contribution in [0.2, 0.25) is 0 Å². The Morgan fingerprint density at radius 2 is 1.94 bits per heavy atom. The summed E-state index contributed by atoms with van der Waals surface area (Å²) in [6.45, 7) is 2.59. The van der Waals surface area contributed by atoms with Crippen LogP contribution in [-0.2, 0) is 17.8 Å². The van der Waals surface area contributed by atoms with Gasteiger partial charge in [0.05, 0.1) is 19.9 Å². The number of carbonyl (C=O) groups excluding carboxylic acids is 1. The second-order valence-corrected chi connectivity index (χ2v) is 8.29. The Morgan fingerprint density at radius 1 is 1.09 bits per heavy atom. The Kier molecular flexibility index (Phi) is 8.98. The molecule has 0 unspecified atom stereocenters. The standard InChI is InChI=1S/C24H30N4O3S/c1-4-5-15-32-24-27-26-22(28(24)19-10-8-11-20(16-19)30-2)13-14-23(29)25-17-18-9-6-7-12-21(18)31-3/h6-12,16H,4-5,13-15,17H2,1-3H3,(H,25,29). The molecule has 2 aromatic carbocycles. The van der Waals surface area contributed by atoms with E-state index in [-0.39, 0.29) is 5.91 Å². The first-order valence-corrected chi connectivity index (χ1v) is 11.7. The fourth-order valence-electron chi connectivity index (χ4n) is 3.23. The van der Waals surface area contributed by atoms with Crippen LogP contribution in [0.25, 0.3) is 5.69 Å². The average molecular weight is 455 g/mol. The molecule has 0 fully saturated rings. The Labute approximate surface area is 193 Å². The first-order valence-electron chi connectivity index (χ1n) is 10.8. The molecule has 1 heterocycles. The molecule has 1 amide bonds. The van der Waals surface area contributed by atoms with E-state index in [4.69, 9.17) is 9.47 Å². The van der Waals surface area contributed by atoms with Crippen molar-refractivity contribution in [3.8, 4) is 17.2 Å². The quantitative estimate of drug-likeness (QED) is 0.322. The van der Waals surface area contributed by atoms with Crippen LogP contribution in [-0.4, -0.2) is 40.6 Å². The smallest absolute Gasteiger partial charge is 0.220 e. The predicted octanol–water partition coefficient (Wildman–Crippen LogP) is 4.43. The van der Waals surface area contributed by atoms with Crippen molar-refractivity contribution < 1.29 is 14.3 Å². The third kappa shape index (κ3) is 6.26. The number of nitrogens with one attached hydrogen (secondary N) is 1. The normalized spacial score (nSPS) is 10.7. The Bertz CT molecular complexity index is 1020. The second kappa shape index (κ2) is 12.1. The maximum atomic E-state index is 12.5. The average Bonchev–Trinajstić information content (AvgIpc) is 3.24. The van der Waals surface area contributed by atoms with Gasteiger partial charge in [-0.1, -0.05) is 49.4 Å². The number of ether oxygens (including phenoxy) is 2. The van der Waals surface area contributed by atoms with E-state index in [9.17, 15) is 4.79 Å². The van der Waals surface area contributed by atoms with E-state index in [0.717, 1.165) is 52.3 Å². The highest BCUT2D eigenvalue weighted by Gasteiger charge is 2.16. The van der Waals surface area contributed by atoms with Gasteiger partial charge in [0.1, 0.15) is 17.3 Å². The van der Waals surface area contributed by atoms with E-state index < -0.39 is 0 Å². The highest BCUT2D eigenvalue weighted by atomic mass is 32.2. The van der Waals surface area contributed by atoms with Gasteiger partial charge in [-0.15, -0.1) is 10.2 Å². The van der Waals surface area contributed by atoms with Gasteiger partial charge in [0, 0.05) is 36.8 Å². The lowest BCUT2D eigenvalue weighted by molar-refractivity contribution is -0.121. The minimum atomic E-state index is -0.0451.